The lowest BCUT2D eigenvalue weighted by molar-refractivity contribution is -0.0495. The fourth-order valence-electron chi connectivity index (χ4n) is 6.81. The molecule has 0 saturated heterocycles. The Balaban J connectivity index is 1.69. The number of fused-ring (bicyclic) bond motifs is 5. The van der Waals surface area contributed by atoms with Crippen molar-refractivity contribution in [3.63, 3.8) is 0 Å². The third-order valence-corrected chi connectivity index (χ3v) is 8.69. The largest absolute Gasteiger partial charge is 0.394 e. The molecule has 0 heterocycles. The van der Waals surface area contributed by atoms with E-state index in [-0.39, 0.29) is 23.0 Å². The Bertz CT molecular complexity index is 660. The number of aliphatic hydroxyl groups is 2. The molecule has 0 aromatic rings. The van der Waals surface area contributed by atoms with E-state index in [1.807, 2.05) is 14.1 Å². The molecular weight excluding hydrogens is 352 g/mol. The number of aliphatic hydroxyl groups excluding tert-OH is 2. The molecule has 28 heavy (non-hydrogen) atoms. The van der Waals surface area contributed by atoms with Crippen LogP contribution in [0.1, 0.15) is 58.8 Å². The van der Waals surface area contributed by atoms with E-state index in [1.165, 1.54) is 5.57 Å². The van der Waals surface area contributed by atoms with Crippen molar-refractivity contribution in [2.45, 2.75) is 71.0 Å². The van der Waals surface area contributed by atoms with Gasteiger partial charge >= 0.3 is 0 Å². The second-order valence-electron chi connectivity index (χ2n) is 10.5. The molecule has 0 aliphatic heterocycles. The van der Waals surface area contributed by atoms with Gasteiger partial charge in [-0.3, -0.25) is 0 Å². The lowest BCUT2D eigenvalue weighted by Crippen LogP contribution is -2.54. The van der Waals surface area contributed by atoms with E-state index in [1.54, 1.807) is 0 Å². The van der Waals surface area contributed by atoms with Crippen LogP contribution in [-0.4, -0.2) is 60.3 Å². The SMILES string of the molecule is CN(C)CCO/N=C1\C=C2C[C@@H](O)CC[C@]2(C)[C@H]2CC[C@]3(C)[C@@H](O)CC[C@H]3[C@H]12. The van der Waals surface area contributed by atoms with E-state index < -0.39 is 0 Å². The second-order valence-corrected chi connectivity index (χ2v) is 10.5. The fourth-order valence-corrected chi connectivity index (χ4v) is 6.81. The lowest BCUT2D eigenvalue weighted by Gasteiger charge is -2.57. The molecular formula is C23H38N2O3. The van der Waals surface area contributed by atoms with Crippen molar-refractivity contribution in [2.24, 2.45) is 33.7 Å². The Morgan fingerprint density at radius 1 is 1.11 bits per heavy atom. The predicted molar refractivity (Wildman–Crippen MR) is 111 cm³/mol. The van der Waals surface area contributed by atoms with Gasteiger partial charge in [0.25, 0.3) is 0 Å². The van der Waals surface area contributed by atoms with Crippen molar-refractivity contribution >= 4 is 5.71 Å². The van der Waals surface area contributed by atoms with Gasteiger partial charge in [0.05, 0.1) is 17.9 Å². The molecule has 4 rings (SSSR count). The summed E-state index contributed by atoms with van der Waals surface area (Å²) in [4.78, 5) is 7.86. The predicted octanol–water partition coefficient (Wildman–Crippen LogP) is 3.22. The number of hydrogen-bond acceptors (Lipinski definition) is 5. The van der Waals surface area contributed by atoms with E-state index in [4.69, 9.17) is 4.84 Å². The van der Waals surface area contributed by atoms with Crippen LogP contribution in [0.15, 0.2) is 16.8 Å². The van der Waals surface area contributed by atoms with Gasteiger partial charge in [0.1, 0.15) is 6.61 Å². The molecule has 3 saturated carbocycles. The smallest absolute Gasteiger partial charge is 0.129 e. The van der Waals surface area contributed by atoms with Crippen LogP contribution in [0.5, 0.6) is 0 Å². The minimum Gasteiger partial charge on any atom is -0.394 e. The van der Waals surface area contributed by atoms with Crippen molar-refractivity contribution in [1.29, 1.82) is 0 Å². The average molecular weight is 391 g/mol. The highest BCUT2D eigenvalue weighted by atomic mass is 16.6. The summed E-state index contributed by atoms with van der Waals surface area (Å²) in [6, 6.07) is 0. The van der Waals surface area contributed by atoms with E-state index in [0.29, 0.717) is 24.4 Å². The minimum absolute atomic E-state index is 0.00145. The summed E-state index contributed by atoms with van der Waals surface area (Å²) in [5, 5.41) is 25.7. The van der Waals surface area contributed by atoms with Gasteiger partial charge in [-0.15, -0.1) is 0 Å². The topological polar surface area (TPSA) is 65.3 Å². The van der Waals surface area contributed by atoms with Crippen molar-refractivity contribution < 1.29 is 15.1 Å². The maximum absolute atomic E-state index is 10.7. The molecule has 0 amide bonds. The zero-order valence-electron chi connectivity index (χ0n) is 18.0. The fraction of sp³-hybridized carbons (Fsp3) is 0.870. The number of allylic oxidation sites excluding steroid dienone is 1. The molecule has 7 atom stereocenters. The zero-order valence-corrected chi connectivity index (χ0v) is 18.0. The van der Waals surface area contributed by atoms with Gasteiger partial charge in [-0.05, 0) is 87.8 Å². The Morgan fingerprint density at radius 3 is 2.64 bits per heavy atom. The van der Waals surface area contributed by atoms with Gasteiger partial charge in [0.2, 0.25) is 0 Å². The first-order chi connectivity index (χ1) is 13.3. The van der Waals surface area contributed by atoms with E-state index in [9.17, 15) is 10.2 Å². The lowest BCUT2D eigenvalue weighted by atomic mass is 9.47. The molecule has 2 N–H and O–H groups in total. The van der Waals surface area contributed by atoms with Gasteiger partial charge in [0, 0.05) is 12.5 Å². The van der Waals surface area contributed by atoms with Crippen molar-refractivity contribution in [3.05, 3.63) is 11.6 Å². The molecule has 3 fully saturated rings. The molecule has 0 aromatic heterocycles. The number of oxime groups is 1. The summed E-state index contributed by atoms with van der Waals surface area (Å²) in [6.45, 7) is 6.14. The first kappa shape index (κ1) is 20.4. The molecule has 4 aliphatic rings. The molecule has 0 unspecified atom stereocenters. The quantitative estimate of drug-likeness (QED) is 0.571. The Kier molecular flexibility index (Phi) is 5.39. The summed E-state index contributed by atoms with van der Waals surface area (Å²) in [7, 11) is 4.08. The van der Waals surface area contributed by atoms with Crippen LogP contribution < -0.4 is 0 Å². The molecule has 0 radical (unpaired) electrons. The Hall–Kier alpha value is -0.910. The van der Waals surface area contributed by atoms with Crippen LogP contribution in [0.4, 0.5) is 0 Å². The van der Waals surface area contributed by atoms with Crippen molar-refractivity contribution in [3.8, 4) is 0 Å². The first-order valence-corrected chi connectivity index (χ1v) is 11.2. The molecule has 0 bridgehead atoms. The third kappa shape index (κ3) is 3.23. The number of rotatable bonds is 4. The number of nitrogens with zero attached hydrogens (tertiary/aromatic N) is 2. The third-order valence-electron chi connectivity index (χ3n) is 8.69. The summed E-state index contributed by atoms with van der Waals surface area (Å²) >= 11 is 0. The Labute approximate surface area is 169 Å². The second kappa shape index (κ2) is 7.41. The molecule has 5 nitrogen and oxygen atoms in total. The molecule has 0 spiro atoms. The zero-order chi connectivity index (χ0) is 20.1. The molecule has 4 aliphatic carbocycles. The van der Waals surface area contributed by atoms with Crippen molar-refractivity contribution in [2.75, 3.05) is 27.2 Å². The standard InChI is InChI=1S/C23H38N2O3/c1-22-9-7-16(26)13-15(22)14-19(24-28-12-11-25(3)4)21-17-5-6-20(27)23(17,2)10-8-18(21)22/h14,16-18,20-21,26-27H,5-13H2,1-4H3/b24-19+/t16-,17-,18-,20-,21-,22-,23-/m0/s1. The Morgan fingerprint density at radius 2 is 1.89 bits per heavy atom. The van der Waals surface area contributed by atoms with Crippen LogP contribution in [0.25, 0.3) is 0 Å². The summed E-state index contributed by atoms with van der Waals surface area (Å²) in [5.41, 5.74) is 2.59. The summed E-state index contributed by atoms with van der Waals surface area (Å²) < 4.78 is 0. The maximum Gasteiger partial charge on any atom is 0.129 e. The highest BCUT2D eigenvalue weighted by Crippen LogP contribution is 2.64. The molecule has 5 heteroatoms. The van der Waals surface area contributed by atoms with Crippen LogP contribution in [0.3, 0.4) is 0 Å². The van der Waals surface area contributed by atoms with E-state index in [2.05, 4.69) is 30.0 Å². The van der Waals surface area contributed by atoms with Crippen LogP contribution in [0, 0.1) is 28.6 Å². The van der Waals surface area contributed by atoms with Gasteiger partial charge in [-0.25, -0.2) is 0 Å². The van der Waals surface area contributed by atoms with Gasteiger partial charge < -0.3 is 20.0 Å². The highest BCUT2D eigenvalue weighted by Gasteiger charge is 2.60. The van der Waals surface area contributed by atoms with Crippen LogP contribution in [0.2, 0.25) is 0 Å². The monoisotopic (exact) mass is 390 g/mol. The van der Waals surface area contributed by atoms with Gasteiger partial charge in [0.15, 0.2) is 0 Å². The molecule has 158 valence electrons. The number of hydrogen-bond donors (Lipinski definition) is 2. The average Bonchev–Trinajstić information content (AvgIpc) is 2.94. The van der Waals surface area contributed by atoms with Gasteiger partial charge in [-0.1, -0.05) is 24.6 Å². The van der Waals surface area contributed by atoms with E-state index >= 15 is 0 Å². The van der Waals surface area contributed by atoms with Crippen LogP contribution >= 0.6 is 0 Å². The van der Waals surface area contributed by atoms with Crippen LogP contribution in [-0.2, 0) is 4.84 Å². The summed E-state index contributed by atoms with van der Waals surface area (Å²) in [6.07, 6.45) is 8.78. The normalized spacial score (nSPS) is 46.8. The van der Waals surface area contributed by atoms with E-state index in [0.717, 1.165) is 57.2 Å². The summed E-state index contributed by atoms with van der Waals surface area (Å²) in [5.74, 6) is 1.37. The van der Waals surface area contributed by atoms with Crippen molar-refractivity contribution in [1.82, 2.24) is 4.90 Å². The highest BCUT2D eigenvalue weighted by molar-refractivity contribution is 5.99. The van der Waals surface area contributed by atoms with Gasteiger partial charge in [-0.2, -0.15) is 0 Å². The first-order valence-electron chi connectivity index (χ1n) is 11.2. The number of likely N-dealkylation sites (N-methyl/N-ethyl adjacent to an activating group) is 1. The maximum atomic E-state index is 10.7. The minimum atomic E-state index is -0.228. The molecule has 0 aromatic carbocycles.